The van der Waals surface area contributed by atoms with Crippen LogP contribution in [-0.2, 0) is 47.1 Å². The van der Waals surface area contributed by atoms with Crippen LogP contribution in [0, 0.1) is 17.8 Å². The summed E-state index contributed by atoms with van der Waals surface area (Å²) in [5.74, 6) is 3.39. The lowest BCUT2D eigenvalue weighted by Gasteiger charge is -2.46. The van der Waals surface area contributed by atoms with E-state index in [9.17, 15) is 9.90 Å². The first kappa shape index (κ1) is 46.7. The molecule has 73 heavy (non-hydrogen) atoms. The third-order valence-corrected chi connectivity index (χ3v) is 13.7. The highest BCUT2D eigenvalue weighted by molar-refractivity contribution is 6.23. The Morgan fingerprint density at radius 3 is 2.33 bits per heavy atom. The number of ether oxygens (including phenoxy) is 4. The fourth-order valence-electron chi connectivity index (χ4n) is 10.8. The minimum atomic E-state index is -2.11. The van der Waals surface area contributed by atoms with Gasteiger partial charge in [-0.1, -0.05) is 114 Å². The number of benzene rings is 6. The summed E-state index contributed by atoms with van der Waals surface area (Å²) in [6.45, 7) is -0.410. The van der Waals surface area contributed by atoms with Crippen LogP contribution in [0.3, 0.4) is 0 Å². The van der Waals surface area contributed by atoms with Crippen LogP contribution >= 0.6 is 0 Å². The highest BCUT2D eigenvalue weighted by Gasteiger charge is 2.75. The molecule has 0 bridgehead atoms. The van der Waals surface area contributed by atoms with E-state index in [1.54, 1.807) is 41.1 Å². The number of aliphatic hydroxyl groups is 1. The molecule has 17 nitrogen and oxygen atoms in total. The predicted molar refractivity (Wildman–Crippen MR) is 267 cm³/mol. The number of hydrogen-bond donors (Lipinski definition) is 3. The topological polar surface area (TPSA) is 203 Å². The number of rotatable bonds is 13. The Hall–Kier alpha value is -8.69. The summed E-state index contributed by atoms with van der Waals surface area (Å²) in [5, 5.41) is 21.5. The molecule has 6 atom stereocenters. The molecule has 2 aromatic heterocycles. The van der Waals surface area contributed by atoms with E-state index in [0.717, 1.165) is 21.5 Å². The highest BCUT2D eigenvalue weighted by atomic mass is 16.6. The number of aliphatic hydroxyl groups excluding tert-OH is 1. The maximum atomic E-state index is 16.6. The average molecular weight is 977 g/mol. The van der Waals surface area contributed by atoms with Gasteiger partial charge in [-0.3, -0.25) is 19.3 Å². The zero-order valence-electron chi connectivity index (χ0n) is 39.5. The number of amides is 3. The summed E-state index contributed by atoms with van der Waals surface area (Å²) in [7, 11) is 1.46. The molecule has 3 amide bonds. The van der Waals surface area contributed by atoms with Crippen LogP contribution in [0.2, 0.25) is 0 Å². The van der Waals surface area contributed by atoms with Crippen LogP contribution in [0.15, 0.2) is 152 Å². The van der Waals surface area contributed by atoms with Gasteiger partial charge in [-0.05, 0) is 76.9 Å². The van der Waals surface area contributed by atoms with E-state index in [1.165, 1.54) is 7.11 Å². The van der Waals surface area contributed by atoms with Crippen molar-refractivity contribution in [3.63, 3.8) is 0 Å². The number of imidazole rings is 1. The highest BCUT2D eigenvalue weighted by Crippen LogP contribution is 2.66. The van der Waals surface area contributed by atoms with Crippen molar-refractivity contribution >= 4 is 51.6 Å². The summed E-state index contributed by atoms with van der Waals surface area (Å²) < 4.78 is 25.3. The van der Waals surface area contributed by atoms with E-state index in [-0.39, 0.29) is 50.8 Å². The van der Waals surface area contributed by atoms with Crippen LogP contribution in [-0.4, -0.2) is 98.4 Å². The molecule has 2 saturated heterocycles. The number of nitrogens with one attached hydrogen (secondary N) is 2. The molecule has 6 unspecified atom stereocenters. The first-order chi connectivity index (χ1) is 35.8. The van der Waals surface area contributed by atoms with Gasteiger partial charge in [0.1, 0.15) is 54.4 Å². The van der Waals surface area contributed by atoms with E-state index >= 15 is 14.4 Å². The number of morpholine rings is 1. The van der Waals surface area contributed by atoms with Gasteiger partial charge in [0, 0.05) is 12.7 Å². The summed E-state index contributed by atoms with van der Waals surface area (Å²) >= 11 is 0. The molecule has 1 spiro atoms. The molecule has 0 radical (unpaired) electrons. The van der Waals surface area contributed by atoms with Crippen LogP contribution in [0.1, 0.15) is 51.8 Å². The lowest BCUT2D eigenvalue weighted by atomic mass is 9.65. The van der Waals surface area contributed by atoms with Gasteiger partial charge >= 0.3 is 12.1 Å². The number of fused-ring (bicyclic) bond motifs is 5. The molecular weight excluding hydrogens is 929 g/mol. The van der Waals surface area contributed by atoms with Gasteiger partial charge in [0.25, 0.3) is 0 Å². The Balaban J connectivity index is 1.16. The van der Waals surface area contributed by atoms with Crippen LogP contribution in [0.25, 0.3) is 22.1 Å². The summed E-state index contributed by atoms with van der Waals surface area (Å²) in [5.41, 5.74) is 3.53. The number of aromatic nitrogens is 5. The van der Waals surface area contributed by atoms with Crippen LogP contribution in [0.5, 0.6) is 5.75 Å². The molecule has 3 aliphatic rings. The van der Waals surface area contributed by atoms with Gasteiger partial charge in [0.2, 0.25) is 11.8 Å². The number of aromatic amines is 1. The normalized spacial score (nSPS) is 21.1. The van der Waals surface area contributed by atoms with E-state index in [2.05, 4.69) is 32.5 Å². The molecule has 6 aromatic carbocycles. The van der Waals surface area contributed by atoms with Gasteiger partial charge in [0.05, 0.1) is 60.0 Å². The number of anilines is 1. The molecule has 0 aliphatic carbocycles. The number of hydrogen-bond acceptors (Lipinski definition) is 13. The molecule has 11 rings (SSSR count). The number of carbonyl (C=O) groups excluding carboxylic acids is 4. The maximum absolute atomic E-state index is 16.6. The zero-order valence-corrected chi connectivity index (χ0v) is 39.5. The van der Waals surface area contributed by atoms with Gasteiger partial charge in [-0.2, -0.15) is 0 Å². The van der Waals surface area contributed by atoms with Gasteiger partial charge in [-0.25, -0.2) is 19.4 Å². The summed E-state index contributed by atoms with van der Waals surface area (Å²) in [6.07, 6.45) is -1.96. The van der Waals surface area contributed by atoms with Crippen molar-refractivity contribution in [1.29, 1.82) is 0 Å². The lowest BCUT2D eigenvalue weighted by molar-refractivity contribution is -0.178. The van der Waals surface area contributed by atoms with E-state index in [4.69, 9.17) is 23.9 Å². The first-order valence-electron chi connectivity index (χ1n) is 23.8. The fourth-order valence-corrected chi connectivity index (χ4v) is 10.8. The number of nitrogens with zero attached hydrogens (tertiary/aromatic N) is 6. The Bertz CT molecular complexity index is 3410. The first-order valence-corrected chi connectivity index (χ1v) is 23.8. The quantitative estimate of drug-likeness (QED) is 0.0643. The smallest absolute Gasteiger partial charge is 0.421 e. The van der Waals surface area contributed by atoms with Gasteiger partial charge in [-0.15, -0.1) is 5.10 Å². The monoisotopic (exact) mass is 976 g/mol. The minimum Gasteiger partial charge on any atom is -0.491 e. The molecule has 17 heteroatoms. The third-order valence-electron chi connectivity index (χ3n) is 13.7. The predicted octanol–water partition coefficient (Wildman–Crippen LogP) is 6.50. The number of para-hydroxylation sites is 3. The SMILES string of the molecule is COCCOC(=O)N1C(=O)C2(c3cc(C#CCn4nnc5ccccc54)ccc31)C(C(=O)NCc1nc3ccccc3[nH]1)C1C(=O)OC(c3ccccc3)C(c3ccccc3)N1C2c1cccc(OCCO)c1. The second kappa shape index (κ2) is 19.8. The van der Waals surface area contributed by atoms with E-state index < -0.39 is 59.4 Å². The second-order valence-corrected chi connectivity index (χ2v) is 17.8. The van der Waals surface area contributed by atoms with Crippen molar-refractivity contribution in [3.05, 3.63) is 185 Å². The number of methoxy groups -OCH3 is 1. The second-order valence-electron chi connectivity index (χ2n) is 17.8. The van der Waals surface area contributed by atoms with Crippen molar-refractivity contribution in [3.8, 4) is 17.6 Å². The Labute approximate surface area is 418 Å². The van der Waals surface area contributed by atoms with Crippen LogP contribution < -0.4 is 15.0 Å². The Kier molecular flexibility index (Phi) is 12.7. The van der Waals surface area contributed by atoms with E-state index in [1.807, 2.05) is 120 Å². The number of imide groups is 1. The van der Waals surface area contributed by atoms with Gasteiger partial charge in [0.15, 0.2) is 0 Å². The third kappa shape index (κ3) is 8.30. The molecule has 3 aliphatic heterocycles. The van der Waals surface area contributed by atoms with Crippen LogP contribution in [0.4, 0.5) is 10.5 Å². The lowest BCUT2D eigenvalue weighted by Crippen LogP contribution is -2.55. The van der Waals surface area contributed by atoms with Crippen molar-refractivity contribution in [1.82, 2.24) is 35.2 Å². The molecule has 3 N–H and O–H groups in total. The molecular formula is C56H48N8O9. The molecule has 8 aromatic rings. The molecule has 366 valence electrons. The van der Waals surface area contributed by atoms with Crippen molar-refractivity contribution < 1.29 is 43.2 Å². The molecule has 0 saturated carbocycles. The summed E-state index contributed by atoms with van der Waals surface area (Å²) in [6, 6.07) is 42.3. The average Bonchev–Trinajstić information content (AvgIpc) is 4.21. The number of carbonyl (C=O) groups is 4. The van der Waals surface area contributed by atoms with Crippen molar-refractivity contribution in [2.45, 2.75) is 42.7 Å². The fraction of sp³-hybridized carbons (Fsp3) is 0.232. The Morgan fingerprint density at radius 2 is 1.55 bits per heavy atom. The van der Waals surface area contributed by atoms with Crippen molar-refractivity contribution in [2.75, 3.05) is 38.4 Å². The largest absolute Gasteiger partial charge is 0.491 e. The standard InChI is InChI=1S/C56H48N8O9/c1-70-30-31-72-55(69)63-44-26-25-35(14-13-27-62-45-24-11-10-23-43(45)60-61-62)32-40(44)56(54(63)68)47(52(66)57-34-46-58-41-21-8-9-22-42(41)59-46)49-53(67)73-50(37-17-6-3-7-18-37)48(36-15-4-2-5-16-36)64(49)51(56)38-19-12-20-39(33-38)71-29-28-65/h2-12,15-26,32-33,47-51,65H,27-31,34H2,1H3,(H,57,66)(H,58,59). The zero-order chi connectivity index (χ0) is 50.1. The summed E-state index contributed by atoms with van der Waals surface area (Å²) in [4.78, 5) is 73.5. The molecule has 2 fully saturated rings. The molecule has 5 heterocycles. The maximum Gasteiger partial charge on any atom is 0.421 e. The number of esters is 1. The van der Waals surface area contributed by atoms with E-state index in [0.29, 0.717) is 39.3 Å². The number of cyclic esters (lactones) is 1. The Morgan fingerprint density at radius 1 is 0.808 bits per heavy atom. The van der Waals surface area contributed by atoms with Crippen molar-refractivity contribution in [2.24, 2.45) is 5.92 Å². The van der Waals surface area contributed by atoms with Gasteiger partial charge < -0.3 is 34.4 Å². The minimum absolute atomic E-state index is 0.0389. The number of H-pyrrole nitrogens is 1.